The summed E-state index contributed by atoms with van der Waals surface area (Å²) in [5.74, 6) is 12.5. The molecule has 10 heteroatoms. The average molecular weight is 410 g/mol. The number of rotatable bonds is 7. The SMILES string of the molecule is C=C(/C(CON=C(C)c1ccc2c(c1)OCO2)=C(/Cl)CC)N(N)C(=O)N(C)N. The van der Waals surface area contributed by atoms with E-state index in [0.29, 0.717) is 34.2 Å². The van der Waals surface area contributed by atoms with Crippen LogP contribution in [0.25, 0.3) is 0 Å². The second-order valence-corrected chi connectivity index (χ2v) is 6.42. The Hall–Kier alpha value is -2.75. The van der Waals surface area contributed by atoms with Gasteiger partial charge in [-0.05, 0) is 31.5 Å². The lowest BCUT2D eigenvalue weighted by Crippen LogP contribution is -2.48. The Bertz CT molecular complexity index is 822. The van der Waals surface area contributed by atoms with Gasteiger partial charge in [-0.3, -0.25) is 5.01 Å². The van der Waals surface area contributed by atoms with Crippen LogP contribution in [0.2, 0.25) is 0 Å². The number of oxime groups is 1. The summed E-state index contributed by atoms with van der Waals surface area (Å²) in [4.78, 5) is 17.4. The molecule has 2 amide bonds. The predicted molar refractivity (Wildman–Crippen MR) is 106 cm³/mol. The first-order valence-corrected chi connectivity index (χ1v) is 8.84. The van der Waals surface area contributed by atoms with Crippen molar-refractivity contribution in [1.29, 1.82) is 0 Å². The van der Waals surface area contributed by atoms with Gasteiger partial charge in [0.1, 0.15) is 6.61 Å². The van der Waals surface area contributed by atoms with Crippen molar-refractivity contribution >= 4 is 23.3 Å². The van der Waals surface area contributed by atoms with E-state index in [1.807, 2.05) is 19.1 Å². The number of nitrogens with zero attached hydrogens (tertiary/aromatic N) is 3. The van der Waals surface area contributed by atoms with Gasteiger partial charge >= 0.3 is 6.03 Å². The Kier molecular flexibility index (Phi) is 7.27. The van der Waals surface area contributed by atoms with E-state index in [9.17, 15) is 4.79 Å². The van der Waals surface area contributed by atoms with E-state index in [2.05, 4.69) is 11.7 Å². The van der Waals surface area contributed by atoms with E-state index < -0.39 is 6.03 Å². The maximum absolute atomic E-state index is 11.9. The van der Waals surface area contributed by atoms with Crippen molar-refractivity contribution in [1.82, 2.24) is 10.0 Å². The van der Waals surface area contributed by atoms with Gasteiger partial charge < -0.3 is 14.3 Å². The number of hydrogen-bond donors (Lipinski definition) is 2. The van der Waals surface area contributed by atoms with Crippen LogP contribution < -0.4 is 21.2 Å². The third kappa shape index (κ3) is 4.94. The van der Waals surface area contributed by atoms with Crippen LogP contribution in [0.1, 0.15) is 25.8 Å². The zero-order chi connectivity index (χ0) is 20.8. The number of allylic oxidation sites excluding steroid dienone is 1. The Balaban J connectivity index is 2.10. The Morgan fingerprint density at radius 2 is 2.04 bits per heavy atom. The van der Waals surface area contributed by atoms with Gasteiger partial charge in [0.15, 0.2) is 11.5 Å². The Labute approximate surface area is 168 Å². The molecule has 0 aliphatic carbocycles. The summed E-state index contributed by atoms with van der Waals surface area (Å²) in [6, 6.07) is 4.82. The molecule has 0 radical (unpaired) electrons. The lowest BCUT2D eigenvalue weighted by atomic mass is 10.1. The van der Waals surface area contributed by atoms with E-state index in [4.69, 9.17) is 37.6 Å². The van der Waals surface area contributed by atoms with Gasteiger partial charge in [-0.1, -0.05) is 30.3 Å². The number of ether oxygens (including phenoxy) is 2. The zero-order valence-electron chi connectivity index (χ0n) is 16.1. The molecule has 1 aliphatic rings. The van der Waals surface area contributed by atoms with Gasteiger partial charge in [0, 0.05) is 23.2 Å². The molecule has 1 heterocycles. The molecule has 1 aromatic carbocycles. The minimum absolute atomic E-state index is 0.0251. The number of benzene rings is 1. The normalized spacial score (nSPS) is 13.7. The lowest BCUT2D eigenvalue weighted by Gasteiger charge is -2.24. The number of halogens is 1. The van der Waals surface area contributed by atoms with Crippen molar-refractivity contribution in [2.24, 2.45) is 16.8 Å². The molecule has 4 N–H and O–H groups in total. The highest BCUT2D eigenvalue weighted by atomic mass is 35.5. The van der Waals surface area contributed by atoms with Gasteiger partial charge in [-0.15, -0.1) is 0 Å². The third-order valence-electron chi connectivity index (χ3n) is 3.99. The molecule has 0 fully saturated rings. The molecule has 28 heavy (non-hydrogen) atoms. The van der Waals surface area contributed by atoms with Crippen LogP contribution in [0, 0.1) is 0 Å². The van der Waals surface area contributed by atoms with Gasteiger partial charge in [-0.2, -0.15) is 0 Å². The summed E-state index contributed by atoms with van der Waals surface area (Å²) < 4.78 is 10.6. The number of carbonyl (C=O) groups excluding carboxylic acids is 1. The number of hydrogen-bond acceptors (Lipinski definition) is 7. The Morgan fingerprint density at radius 1 is 1.36 bits per heavy atom. The summed E-state index contributed by atoms with van der Waals surface area (Å²) in [5.41, 5.74) is 2.06. The zero-order valence-corrected chi connectivity index (χ0v) is 16.8. The monoisotopic (exact) mass is 409 g/mol. The highest BCUT2D eigenvalue weighted by Crippen LogP contribution is 2.32. The van der Waals surface area contributed by atoms with Crippen LogP contribution in [0.5, 0.6) is 11.5 Å². The number of carbonyl (C=O) groups is 1. The predicted octanol–water partition coefficient (Wildman–Crippen LogP) is 2.67. The number of urea groups is 1. The van der Waals surface area contributed by atoms with Crippen molar-refractivity contribution in [3.05, 3.63) is 46.6 Å². The fourth-order valence-corrected chi connectivity index (χ4v) is 2.49. The van der Waals surface area contributed by atoms with Crippen molar-refractivity contribution < 1.29 is 19.1 Å². The number of hydrazine groups is 2. The molecule has 0 aromatic heterocycles. The minimum atomic E-state index is -0.650. The quantitative estimate of drug-likeness (QED) is 0.235. The minimum Gasteiger partial charge on any atom is -0.454 e. The Morgan fingerprint density at radius 3 is 2.68 bits per heavy atom. The molecule has 1 aromatic rings. The van der Waals surface area contributed by atoms with E-state index in [1.54, 1.807) is 13.0 Å². The average Bonchev–Trinajstić information content (AvgIpc) is 3.16. The molecule has 0 atom stereocenters. The van der Waals surface area contributed by atoms with E-state index in [-0.39, 0.29) is 19.1 Å². The standard InChI is InChI=1S/C18H24ClN5O4/c1-5-15(19)14(12(3)24(21)18(25)23(4)20)9-28-22-11(2)13-6-7-16-17(8-13)27-10-26-16/h6-8H,3,5,9-10,20-21H2,1-2,4H3/b15-14+,22-11?. The van der Waals surface area contributed by atoms with Gasteiger partial charge in [0.25, 0.3) is 0 Å². The van der Waals surface area contributed by atoms with E-state index in [0.717, 1.165) is 15.6 Å². The van der Waals surface area contributed by atoms with Crippen LogP contribution in [-0.4, -0.2) is 42.2 Å². The van der Waals surface area contributed by atoms with Crippen molar-refractivity contribution in [2.45, 2.75) is 20.3 Å². The van der Waals surface area contributed by atoms with Crippen molar-refractivity contribution in [3.63, 3.8) is 0 Å². The molecule has 0 bridgehead atoms. The summed E-state index contributed by atoms with van der Waals surface area (Å²) in [6.45, 7) is 7.64. The number of amides is 2. The molecule has 152 valence electrons. The molecular weight excluding hydrogens is 386 g/mol. The number of nitrogens with two attached hydrogens (primary N) is 2. The van der Waals surface area contributed by atoms with Gasteiger partial charge in [0.05, 0.1) is 11.4 Å². The third-order valence-corrected chi connectivity index (χ3v) is 4.48. The largest absolute Gasteiger partial charge is 0.454 e. The van der Waals surface area contributed by atoms with Crippen LogP contribution >= 0.6 is 11.6 Å². The van der Waals surface area contributed by atoms with Gasteiger partial charge in [0.2, 0.25) is 6.79 Å². The van der Waals surface area contributed by atoms with E-state index in [1.165, 1.54) is 7.05 Å². The van der Waals surface area contributed by atoms with E-state index >= 15 is 0 Å². The summed E-state index contributed by atoms with van der Waals surface area (Å²) in [5, 5.41) is 6.20. The molecule has 9 nitrogen and oxygen atoms in total. The molecule has 1 aliphatic heterocycles. The first-order chi connectivity index (χ1) is 13.3. The van der Waals surface area contributed by atoms with Gasteiger partial charge in [-0.25, -0.2) is 21.5 Å². The second-order valence-electron chi connectivity index (χ2n) is 5.97. The molecule has 0 saturated heterocycles. The van der Waals surface area contributed by atoms with Crippen LogP contribution in [-0.2, 0) is 4.84 Å². The first-order valence-electron chi connectivity index (χ1n) is 8.46. The highest BCUT2D eigenvalue weighted by Gasteiger charge is 2.21. The second kappa shape index (κ2) is 9.45. The molecule has 2 rings (SSSR count). The molecule has 0 unspecified atom stereocenters. The molecule has 0 spiro atoms. The lowest BCUT2D eigenvalue weighted by molar-refractivity contribution is 0.160. The van der Waals surface area contributed by atoms with Crippen molar-refractivity contribution in [2.75, 3.05) is 20.4 Å². The highest BCUT2D eigenvalue weighted by molar-refractivity contribution is 6.30. The maximum Gasteiger partial charge on any atom is 0.352 e. The first kappa shape index (κ1) is 21.5. The van der Waals surface area contributed by atoms with Crippen LogP contribution in [0.3, 0.4) is 0 Å². The molecular formula is C18H24ClN5O4. The smallest absolute Gasteiger partial charge is 0.352 e. The molecule has 0 saturated carbocycles. The van der Waals surface area contributed by atoms with Crippen LogP contribution in [0.4, 0.5) is 4.79 Å². The number of fused-ring (bicyclic) bond motifs is 1. The van der Waals surface area contributed by atoms with Crippen LogP contribution in [0.15, 0.2) is 46.2 Å². The topological polar surface area (TPSA) is 116 Å². The fraction of sp³-hybridized carbons (Fsp3) is 0.333. The summed E-state index contributed by atoms with van der Waals surface area (Å²) in [6.07, 6.45) is 0.505. The van der Waals surface area contributed by atoms with Crippen molar-refractivity contribution in [3.8, 4) is 11.5 Å². The summed E-state index contributed by atoms with van der Waals surface area (Å²) in [7, 11) is 1.37. The summed E-state index contributed by atoms with van der Waals surface area (Å²) >= 11 is 6.27. The maximum atomic E-state index is 11.9. The fourth-order valence-electron chi connectivity index (χ4n) is 2.33.